The smallest absolute Gasteiger partial charge is 0.957 e. The van der Waals surface area contributed by atoms with E-state index in [1.54, 1.807) is 0 Å². The van der Waals surface area contributed by atoms with Crippen molar-refractivity contribution >= 4 is 0 Å². The summed E-state index contributed by atoms with van der Waals surface area (Å²) in [5.41, 5.74) is 0. The molecule has 0 aromatic carbocycles. The van der Waals surface area contributed by atoms with Crippen molar-refractivity contribution in [2.75, 3.05) is 0 Å². The van der Waals surface area contributed by atoms with E-state index in [0.29, 0.717) is 6.42 Å². The fourth-order valence-corrected chi connectivity index (χ4v) is 0.828. The third-order valence-corrected chi connectivity index (χ3v) is 1.50. The maximum Gasteiger partial charge on any atom is 1.00 e. The molecular weight excluding hydrogens is 138 g/mol. The van der Waals surface area contributed by atoms with E-state index in [0.717, 1.165) is 6.42 Å². The van der Waals surface area contributed by atoms with E-state index in [9.17, 15) is 5.11 Å². The first kappa shape index (κ1) is 18.4. The molecule has 0 rings (SSSR count). The molecule has 0 aliphatic carbocycles. The molecule has 0 aromatic rings. The first-order valence-corrected chi connectivity index (χ1v) is 3.96. The zero-order valence-electron chi connectivity index (χ0n) is 8.73. The van der Waals surface area contributed by atoms with Crippen molar-refractivity contribution in [1.82, 2.24) is 0 Å². The summed E-state index contributed by atoms with van der Waals surface area (Å²) in [6.07, 6.45) is 6.76. The Morgan fingerprint density at radius 3 is 2.25 bits per heavy atom. The van der Waals surface area contributed by atoms with E-state index in [2.05, 4.69) is 13.8 Å². The minimum atomic E-state index is 0. The Bertz CT molecular complexity index is 103. The predicted octanol–water partition coefficient (Wildman–Crippen LogP) is -3.96. The number of allylic oxidation sites excluding steroid dienone is 2. The Hall–Kier alpha value is 0.605. The zero-order valence-corrected chi connectivity index (χ0v) is 8.73. The molecule has 0 fully saturated rings. The average molecular weight is 154 g/mol. The van der Waals surface area contributed by atoms with Crippen LogP contribution in [0, 0.1) is 6.92 Å². The van der Waals surface area contributed by atoms with E-state index in [1.165, 1.54) is 25.3 Å². The Morgan fingerprint density at radius 1 is 1.25 bits per heavy atom. The molecule has 0 aliphatic rings. The summed E-state index contributed by atoms with van der Waals surface area (Å²) in [5, 5.41) is 10.7. The summed E-state index contributed by atoms with van der Waals surface area (Å²) < 4.78 is 0. The quantitative estimate of drug-likeness (QED) is 0.171. The van der Waals surface area contributed by atoms with Crippen LogP contribution < -0.4 is 42.8 Å². The maximum atomic E-state index is 10.7. The van der Waals surface area contributed by atoms with Gasteiger partial charge in [0, 0.05) is 0 Å². The fraction of sp³-hybridized carbons (Fsp3) is 0.667. The number of rotatable bonds is 5. The second-order valence-corrected chi connectivity index (χ2v) is 2.48. The summed E-state index contributed by atoms with van der Waals surface area (Å²) in [5.74, 6) is 0.177. The predicted molar refractivity (Wildman–Crippen MR) is 42.2 cm³/mol. The molecule has 0 saturated heterocycles. The molecular formula is C9H16Li2O. The molecule has 0 saturated carbocycles. The van der Waals surface area contributed by atoms with Gasteiger partial charge in [-0.05, 0) is 0 Å². The molecule has 0 amide bonds. The number of hydrogen-bond donors (Lipinski definition) is 0. The van der Waals surface area contributed by atoms with Gasteiger partial charge in [0.05, 0.1) is 0 Å². The Balaban J connectivity index is -0.000000405. The molecule has 1 nitrogen and oxygen atoms in total. The van der Waals surface area contributed by atoms with Gasteiger partial charge in [0.15, 0.2) is 0 Å². The third-order valence-electron chi connectivity index (χ3n) is 1.50. The van der Waals surface area contributed by atoms with Crippen molar-refractivity contribution < 1.29 is 42.8 Å². The van der Waals surface area contributed by atoms with Crippen molar-refractivity contribution in [2.45, 2.75) is 39.0 Å². The van der Waals surface area contributed by atoms with Gasteiger partial charge in [-0.1, -0.05) is 32.6 Å². The Kier molecular flexibility index (Phi) is 21.7. The molecule has 12 heavy (non-hydrogen) atoms. The van der Waals surface area contributed by atoms with Gasteiger partial charge in [-0.3, -0.25) is 0 Å². The molecule has 0 N–H and O–H groups in total. The molecule has 0 atom stereocenters. The topological polar surface area (TPSA) is 23.1 Å². The Labute approximate surface area is 100 Å². The number of hydrogen-bond acceptors (Lipinski definition) is 1. The summed E-state index contributed by atoms with van der Waals surface area (Å²) in [7, 11) is 0. The van der Waals surface area contributed by atoms with E-state index < -0.39 is 0 Å². The van der Waals surface area contributed by atoms with Gasteiger partial charge in [-0.15, -0.1) is 6.42 Å². The van der Waals surface area contributed by atoms with Crippen LogP contribution in [-0.4, -0.2) is 0 Å². The molecule has 0 radical (unpaired) electrons. The van der Waals surface area contributed by atoms with Crippen LogP contribution in [0.2, 0.25) is 0 Å². The van der Waals surface area contributed by atoms with Crippen molar-refractivity contribution in [3.8, 4) is 0 Å². The first-order chi connectivity index (χ1) is 4.81. The van der Waals surface area contributed by atoms with Crippen molar-refractivity contribution in [1.29, 1.82) is 0 Å². The zero-order chi connectivity index (χ0) is 7.82. The van der Waals surface area contributed by atoms with Gasteiger partial charge >= 0.3 is 37.7 Å². The van der Waals surface area contributed by atoms with E-state index in [1.807, 2.05) is 0 Å². The summed E-state index contributed by atoms with van der Waals surface area (Å²) >= 11 is 0. The standard InChI is InChI=1S/C9H17O.2Li/c1-3-5-6-7-8-9(10)4-2;;/h4,10H,2-3,5-8H2,1H3;;/q-1;2*+1/p-1/b9-4-;;. The SMILES string of the molecule is [CH2-]/C=C(\[O-])CCCCCC.[Li+].[Li+]. The normalized spacial score (nSPS) is 9.92. The van der Waals surface area contributed by atoms with E-state index >= 15 is 0 Å². The largest absolute Gasteiger partial charge is 1.00 e. The summed E-state index contributed by atoms with van der Waals surface area (Å²) in [6, 6.07) is 0. The van der Waals surface area contributed by atoms with Crippen LogP contribution >= 0.6 is 0 Å². The number of unbranched alkanes of at least 4 members (excludes halogenated alkanes) is 3. The molecule has 0 bridgehead atoms. The second-order valence-electron chi connectivity index (χ2n) is 2.48. The summed E-state index contributed by atoms with van der Waals surface area (Å²) in [6.45, 7) is 5.57. The van der Waals surface area contributed by atoms with Crippen LogP contribution in [0.4, 0.5) is 0 Å². The van der Waals surface area contributed by atoms with Crippen LogP contribution in [0.15, 0.2) is 11.8 Å². The molecule has 0 aromatic heterocycles. The first-order valence-electron chi connectivity index (χ1n) is 3.96. The maximum absolute atomic E-state index is 10.7. The van der Waals surface area contributed by atoms with Crippen LogP contribution in [0.3, 0.4) is 0 Å². The van der Waals surface area contributed by atoms with E-state index in [4.69, 9.17) is 0 Å². The minimum absolute atomic E-state index is 0. The molecule has 0 aliphatic heterocycles. The van der Waals surface area contributed by atoms with Crippen LogP contribution in [0.1, 0.15) is 39.0 Å². The van der Waals surface area contributed by atoms with Gasteiger partial charge in [-0.25, -0.2) is 13.0 Å². The van der Waals surface area contributed by atoms with Crippen molar-refractivity contribution in [3.63, 3.8) is 0 Å². The van der Waals surface area contributed by atoms with Gasteiger partial charge in [0.25, 0.3) is 0 Å². The van der Waals surface area contributed by atoms with Crippen molar-refractivity contribution in [3.05, 3.63) is 18.8 Å². The third kappa shape index (κ3) is 13.2. The van der Waals surface area contributed by atoms with Crippen molar-refractivity contribution in [2.24, 2.45) is 0 Å². The second kappa shape index (κ2) is 14.1. The van der Waals surface area contributed by atoms with E-state index in [-0.39, 0.29) is 43.5 Å². The van der Waals surface area contributed by atoms with Gasteiger partial charge in [-0.2, -0.15) is 0 Å². The van der Waals surface area contributed by atoms with Crippen LogP contribution in [0.25, 0.3) is 0 Å². The van der Waals surface area contributed by atoms with Crippen LogP contribution in [0.5, 0.6) is 0 Å². The van der Waals surface area contributed by atoms with Crippen LogP contribution in [-0.2, 0) is 0 Å². The van der Waals surface area contributed by atoms with Gasteiger partial charge in [0.2, 0.25) is 0 Å². The van der Waals surface area contributed by atoms with Gasteiger partial charge in [0.1, 0.15) is 0 Å². The molecule has 0 unspecified atom stereocenters. The molecule has 60 valence electrons. The fourth-order valence-electron chi connectivity index (χ4n) is 0.828. The molecule has 3 heteroatoms. The van der Waals surface area contributed by atoms with Gasteiger partial charge < -0.3 is 10.9 Å². The average Bonchev–Trinajstić information content (AvgIpc) is 1.98. The Morgan fingerprint density at radius 2 is 1.83 bits per heavy atom. The molecule has 0 spiro atoms. The summed E-state index contributed by atoms with van der Waals surface area (Å²) in [4.78, 5) is 0. The monoisotopic (exact) mass is 154 g/mol. The molecule has 0 heterocycles. The minimum Gasteiger partial charge on any atom is -0.957 e.